The van der Waals surface area contributed by atoms with Gasteiger partial charge in [-0.15, -0.1) is 0 Å². The molecule has 4 rings (SSSR count). The largest absolute Gasteiger partial charge is 0.399 e. The summed E-state index contributed by atoms with van der Waals surface area (Å²) in [4.78, 5) is 17.2. The number of hydrogen-bond donors (Lipinski definition) is 2. The highest BCUT2D eigenvalue weighted by atomic mass is 19.1. The molecule has 1 amide bonds. The molecule has 0 unspecified atom stereocenters. The summed E-state index contributed by atoms with van der Waals surface area (Å²) >= 11 is 0. The number of carbonyl (C=O) groups excluding carboxylic acids is 1. The molecule has 0 saturated carbocycles. The van der Waals surface area contributed by atoms with E-state index in [1.807, 2.05) is 11.5 Å². The van der Waals surface area contributed by atoms with Gasteiger partial charge in [0, 0.05) is 22.6 Å². The number of carbonyl (C=O) groups is 1. The van der Waals surface area contributed by atoms with Crippen molar-refractivity contribution in [2.45, 2.75) is 6.92 Å². The number of amides is 1. The van der Waals surface area contributed by atoms with E-state index < -0.39 is 0 Å². The van der Waals surface area contributed by atoms with Crippen LogP contribution in [0.15, 0.2) is 66.7 Å². The molecule has 4 aromatic rings. The van der Waals surface area contributed by atoms with Crippen LogP contribution in [0.3, 0.4) is 0 Å². The lowest BCUT2D eigenvalue weighted by molar-refractivity contribution is 0.102. The Hall–Kier alpha value is -3.67. The third kappa shape index (κ3) is 3.25. The first-order valence-electron chi connectivity index (χ1n) is 8.43. The maximum absolute atomic E-state index is 13.3. The predicted octanol–water partition coefficient (Wildman–Crippen LogP) is 4.31. The Balaban J connectivity index is 1.72. The first-order valence-corrected chi connectivity index (χ1v) is 8.43. The minimum atomic E-state index is -0.301. The fourth-order valence-electron chi connectivity index (χ4n) is 3.02. The molecule has 0 bridgehead atoms. The number of nitrogens with two attached hydrogens (primary N) is 1. The van der Waals surface area contributed by atoms with E-state index in [-0.39, 0.29) is 11.7 Å². The van der Waals surface area contributed by atoms with Gasteiger partial charge in [0.2, 0.25) is 0 Å². The molecule has 1 heterocycles. The van der Waals surface area contributed by atoms with Crippen LogP contribution in [0.25, 0.3) is 16.7 Å². The van der Waals surface area contributed by atoms with Crippen LogP contribution in [-0.4, -0.2) is 15.5 Å². The van der Waals surface area contributed by atoms with E-state index >= 15 is 0 Å². The Morgan fingerprint density at radius 3 is 2.44 bits per heavy atom. The van der Waals surface area contributed by atoms with E-state index in [2.05, 4.69) is 10.3 Å². The second-order valence-electron chi connectivity index (χ2n) is 6.25. The van der Waals surface area contributed by atoms with Gasteiger partial charge >= 0.3 is 0 Å². The Morgan fingerprint density at radius 2 is 1.74 bits per heavy atom. The standard InChI is InChI=1S/C21H17FN4O/c1-13-24-19-11-2-14(21(27)25-17-7-5-16(23)6-8-17)12-20(19)26(13)18-9-3-15(22)4-10-18/h2-12H,23H2,1H3,(H,25,27). The van der Waals surface area contributed by atoms with Crippen LogP contribution in [-0.2, 0) is 0 Å². The minimum absolute atomic E-state index is 0.230. The highest BCUT2D eigenvalue weighted by Crippen LogP contribution is 2.23. The molecule has 0 aliphatic heterocycles. The molecule has 0 radical (unpaired) electrons. The SMILES string of the molecule is Cc1nc2ccc(C(=O)Nc3ccc(N)cc3)cc2n1-c1ccc(F)cc1. The van der Waals surface area contributed by atoms with Crippen LogP contribution < -0.4 is 11.1 Å². The number of aryl methyl sites for hydroxylation is 1. The smallest absolute Gasteiger partial charge is 0.255 e. The van der Waals surface area contributed by atoms with Gasteiger partial charge in [-0.1, -0.05) is 0 Å². The van der Waals surface area contributed by atoms with Crippen molar-refractivity contribution in [3.63, 3.8) is 0 Å². The number of nitrogens with zero attached hydrogens (tertiary/aromatic N) is 2. The van der Waals surface area contributed by atoms with E-state index in [9.17, 15) is 9.18 Å². The van der Waals surface area contributed by atoms with Crippen molar-refractivity contribution in [1.29, 1.82) is 0 Å². The van der Waals surface area contributed by atoms with Crippen molar-refractivity contribution in [3.05, 3.63) is 83.9 Å². The predicted molar refractivity (Wildman–Crippen MR) is 105 cm³/mol. The van der Waals surface area contributed by atoms with Crippen molar-refractivity contribution < 1.29 is 9.18 Å². The zero-order valence-electron chi connectivity index (χ0n) is 14.6. The third-order valence-corrected chi connectivity index (χ3v) is 4.34. The van der Waals surface area contributed by atoms with Crippen molar-refractivity contribution in [2.75, 3.05) is 11.1 Å². The van der Waals surface area contributed by atoms with Crippen molar-refractivity contribution >= 4 is 28.3 Å². The Bertz CT molecular complexity index is 1130. The van der Waals surface area contributed by atoms with Crippen molar-refractivity contribution in [1.82, 2.24) is 9.55 Å². The molecule has 3 aromatic carbocycles. The lowest BCUT2D eigenvalue weighted by atomic mass is 10.1. The van der Waals surface area contributed by atoms with E-state index in [1.165, 1.54) is 12.1 Å². The molecule has 134 valence electrons. The van der Waals surface area contributed by atoms with Crippen LogP contribution in [0.5, 0.6) is 0 Å². The van der Waals surface area contributed by atoms with E-state index in [1.54, 1.807) is 54.6 Å². The zero-order chi connectivity index (χ0) is 19.0. The Labute approximate surface area is 155 Å². The van der Waals surface area contributed by atoms with E-state index in [4.69, 9.17) is 5.73 Å². The van der Waals surface area contributed by atoms with Crippen LogP contribution in [0, 0.1) is 12.7 Å². The average molecular weight is 360 g/mol. The van der Waals surface area contributed by atoms with E-state index in [0.29, 0.717) is 16.9 Å². The lowest BCUT2D eigenvalue weighted by Crippen LogP contribution is -2.12. The van der Waals surface area contributed by atoms with Gasteiger partial charge in [0.25, 0.3) is 5.91 Å². The molecule has 0 spiro atoms. The number of aromatic nitrogens is 2. The van der Waals surface area contributed by atoms with E-state index in [0.717, 1.165) is 22.5 Å². The molecular formula is C21H17FN4O. The average Bonchev–Trinajstić information content (AvgIpc) is 2.99. The number of anilines is 2. The zero-order valence-corrected chi connectivity index (χ0v) is 14.6. The molecule has 27 heavy (non-hydrogen) atoms. The molecular weight excluding hydrogens is 343 g/mol. The maximum atomic E-state index is 13.3. The van der Waals surface area contributed by atoms with Crippen molar-refractivity contribution in [2.24, 2.45) is 0 Å². The van der Waals surface area contributed by atoms with Gasteiger partial charge in [-0.2, -0.15) is 0 Å². The Morgan fingerprint density at radius 1 is 1.04 bits per heavy atom. The quantitative estimate of drug-likeness (QED) is 0.535. The summed E-state index contributed by atoms with van der Waals surface area (Å²) in [5.74, 6) is 0.225. The fraction of sp³-hybridized carbons (Fsp3) is 0.0476. The molecule has 1 aromatic heterocycles. The van der Waals surface area contributed by atoms with Crippen LogP contribution in [0.4, 0.5) is 15.8 Å². The van der Waals surface area contributed by atoms with Gasteiger partial charge in [0.15, 0.2) is 0 Å². The minimum Gasteiger partial charge on any atom is -0.399 e. The monoisotopic (exact) mass is 360 g/mol. The van der Waals surface area contributed by atoms with Gasteiger partial charge in [-0.05, 0) is 73.7 Å². The maximum Gasteiger partial charge on any atom is 0.255 e. The molecule has 3 N–H and O–H groups in total. The molecule has 0 aliphatic rings. The topological polar surface area (TPSA) is 72.9 Å². The van der Waals surface area contributed by atoms with Crippen LogP contribution in [0.1, 0.15) is 16.2 Å². The molecule has 5 nitrogen and oxygen atoms in total. The van der Waals surface area contributed by atoms with Gasteiger partial charge in [0.05, 0.1) is 11.0 Å². The first-order chi connectivity index (χ1) is 13.0. The number of fused-ring (bicyclic) bond motifs is 1. The van der Waals surface area contributed by atoms with Gasteiger partial charge in [-0.25, -0.2) is 9.37 Å². The summed E-state index contributed by atoms with van der Waals surface area (Å²) in [5, 5.41) is 2.85. The lowest BCUT2D eigenvalue weighted by Gasteiger charge is -2.09. The second-order valence-corrected chi connectivity index (χ2v) is 6.25. The molecule has 0 atom stereocenters. The summed E-state index contributed by atoms with van der Waals surface area (Å²) in [6.07, 6.45) is 0. The highest BCUT2D eigenvalue weighted by molar-refractivity contribution is 6.06. The molecule has 0 aliphatic carbocycles. The fourth-order valence-corrected chi connectivity index (χ4v) is 3.02. The number of nitrogens with one attached hydrogen (secondary N) is 1. The highest BCUT2D eigenvalue weighted by Gasteiger charge is 2.13. The number of nitrogen functional groups attached to an aromatic ring is 1. The summed E-state index contributed by atoms with van der Waals surface area (Å²) in [7, 11) is 0. The number of imidazole rings is 1. The van der Waals surface area contributed by atoms with Crippen LogP contribution in [0.2, 0.25) is 0 Å². The summed E-state index contributed by atoms with van der Waals surface area (Å²) in [6, 6.07) is 18.4. The summed E-state index contributed by atoms with van der Waals surface area (Å²) in [5.41, 5.74) is 9.80. The summed E-state index contributed by atoms with van der Waals surface area (Å²) < 4.78 is 15.2. The van der Waals surface area contributed by atoms with Crippen LogP contribution >= 0.6 is 0 Å². The van der Waals surface area contributed by atoms with Gasteiger partial charge in [-0.3, -0.25) is 9.36 Å². The first kappa shape index (κ1) is 16.8. The molecule has 6 heteroatoms. The number of halogens is 1. The molecule has 0 fully saturated rings. The summed E-state index contributed by atoms with van der Waals surface area (Å²) in [6.45, 7) is 1.87. The number of benzene rings is 3. The van der Waals surface area contributed by atoms with Gasteiger partial charge in [0.1, 0.15) is 11.6 Å². The molecule has 0 saturated heterocycles. The second kappa shape index (κ2) is 6.57. The third-order valence-electron chi connectivity index (χ3n) is 4.34. The van der Waals surface area contributed by atoms with Gasteiger partial charge < -0.3 is 11.1 Å². The Kier molecular flexibility index (Phi) is 4.08. The number of rotatable bonds is 3. The normalized spacial score (nSPS) is 10.9. The number of hydrogen-bond acceptors (Lipinski definition) is 3. The van der Waals surface area contributed by atoms with Crippen molar-refractivity contribution in [3.8, 4) is 5.69 Å².